The van der Waals surface area contributed by atoms with Gasteiger partial charge in [0.25, 0.3) is 0 Å². The van der Waals surface area contributed by atoms with Gasteiger partial charge in [-0.1, -0.05) is 27.2 Å². The van der Waals surface area contributed by atoms with Crippen LogP contribution in [-0.2, 0) is 11.3 Å². The largest absolute Gasteiger partial charge is 0.297 e. The van der Waals surface area contributed by atoms with E-state index in [1.54, 1.807) is 17.2 Å². The van der Waals surface area contributed by atoms with Crippen molar-refractivity contribution in [1.82, 2.24) is 15.0 Å². The van der Waals surface area contributed by atoms with Gasteiger partial charge < -0.3 is 0 Å². The number of fused-ring (bicyclic) bond motifs is 3. The molecule has 4 heteroatoms. The van der Waals surface area contributed by atoms with Gasteiger partial charge in [-0.15, -0.1) is 0 Å². The molecule has 1 aromatic rings. The molecule has 0 saturated heterocycles. The van der Waals surface area contributed by atoms with Crippen molar-refractivity contribution in [3.63, 3.8) is 0 Å². The molecule has 158 valence electrons. The van der Waals surface area contributed by atoms with Crippen LogP contribution in [0.15, 0.2) is 12.4 Å². The fourth-order valence-corrected chi connectivity index (χ4v) is 10.3. The Kier molecular flexibility index (Phi) is 3.81. The first-order chi connectivity index (χ1) is 13.9. The monoisotopic (exact) mass is 395 g/mol. The lowest BCUT2D eigenvalue weighted by Gasteiger charge is -2.56. The van der Waals surface area contributed by atoms with Crippen molar-refractivity contribution in [3.8, 4) is 0 Å². The summed E-state index contributed by atoms with van der Waals surface area (Å²) in [6.07, 6.45) is 15.7. The summed E-state index contributed by atoms with van der Waals surface area (Å²) >= 11 is 0. The zero-order chi connectivity index (χ0) is 20.0. The molecule has 4 nitrogen and oxygen atoms in total. The van der Waals surface area contributed by atoms with Crippen LogP contribution < -0.4 is 0 Å². The normalized spacial score (nSPS) is 52.8. The molecule has 0 aliphatic heterocycles. The Labute approximate surface area is 175 Å². The standard InChI is InChI=1S/C25H37N3O/c1-16-6-11-25-17(2)24(25,14-16)10-7-18-19-4-5-21(23(19,3)9-8-20(18)25)22(29)15-28-26-12-13-27-28/h12-13,16-21H,4-11,14-15H2,1-3H3/t16-,17+,18?,19?,20?,21+,23-,24+,25-/m0/s1. The molecule has 5 fully saturated rings. The molecular weight excluding hydrogens is 358 g/mol. The first kappa shape index (κ1) is 18.6. The number of nitrogens with zero attached hydrogens (tertiary/aromatic N) is 3. The molecule has 5 aliphatic carbocycles. The zero-order valence-electron chi connectivity index (χ0n) is 18.4. The van der Waals surface area contributed by atoms with E-state index in [0.717, 1.165) is 36.0 Å². The molecule has 1 aromatic heterocycles. The van der Waals surface area contributed by atoms with Gasteiger partial charge in [0.15, 0.2) is 5.78 Å². The summed E-state index contributed by atoms with van der Waals surface area (Å²) in [6.45, 7) is 7.93. The lowest BCUT2D eigenvalue weighted by molar-refractivity contribution is -0.131. The van der Waals surface area contributed by atoms with Gasteiger partial charge in [0.2, 0.25) is 0 Å². The maximum Gasteiger partial charge on any atom is 0.159 e. The maximum atomic E-state index is 13.2. The molecule has 0 N–H and O–H groups in total. The van der Waals surface area contributed by atoms with E-state index in [9.17, 15) is 4.79 Å². The summed E-state index contributed by atoms with van der Waals surface area (Å²) < 4.78 is 0. The van der Waals surface area contributed by atoms with E-state index in [0.29, 0.717) is 23.2 Å². The van der Waals surface area contributed by atoms with Gasteiger partial charge in [0, 0.05) is 5.92 Å². The molecule has 0 bridgehead atoms. The van der Waals surface area contributed by atoms with Crippen molar-refractivity contribution < 1.29 is 4.79 Å². The summed E-state index contributed by atoms with van der Waals surface area (Å²) in [4.78, 5) is 14.8. The van der Waals surface area contributed by atoms with Crippen molar-refractivity contribution >= 4 is 5.78 Å². The zero-order valence-corrected chi connectivity index (χ0v) is 18.4. The van der Waals surface area contributed by atoms with Crippen LogP contribution >= 0.6 is 0 Å². The summed E-state index contributed by atoms with van der Waals surface area (Å²) in [5, 5.41) is 8.36. The first-order valence-electron chi connectivity index (χ1n) is 12.3. The lowest BCUT2D eigenvalue weighted by atomic mass is 9.49. The maximum absolute atomic E-state index is 13.2. The molecule has 1 heterocycles. The van der Waals surface area contributed by atoms with Crippen molar-refractivity contribution in [2.75, 3.05) is 0 Å². The molecule has 29 heavy (non-hydrogen) atoms. The van der Waals surface area contributed by atoms with Gasteiger partial charge in [0.1, 0.15) is 6.54 Å². The Morgan fingerprint density at radius 2 is 1.79 bits per heavy atom. The van der Waals surface area contributed by atoms with Gasteiger partial charge >= 0.3 is 0 Å². The number of ketones is 1. The fraction of sp³-hybridized carbons (Fsp3) is 0.880. The van der Waals surface area contributed by atoms with Crippen LogP contribution in [0.1, 0.15) is 78.6 Å². The Hall–Kier alpha value is -1.19. The third-order valence-electron chi connectivity index (χ3n) is 11.4. The molecule has 6 rings (SSSR count). The SMILES string of the molecule is C[C@H]1CC[C@]23C4CC[C@@]5(C)C(CC[C@@H]5C(=O)Cn5nccn5)C4CC[C@@]2(C1)[C@H]3C. The molecule has 0 radical (unpaired) electrons. The quantitative estimate of drug-likeness (QED) is 0.712. The Balaban J connectivity index is 1.26. The van der Waals surface area contributed by atoms with Gasteiger partial charge in [-0.3, -0.25) is 4.79 Å². The van der Waals surface area contributed by atoms with E-state index in [4.69, 9.17) is 0 Å². The third kappa shape index (κ3) is 2.19. The Morgan fingerprint density at radius 1 is 1.00 bits per heavy atom. The molecule has 0 aromatic carbocycles. The fourth-order valence-electron chi connectivity index (χ4n) is 10.3. The number of Topliss-reactive ketones (excluding diaryl/α,β-unsaturated/α-hetero) is 1. The van der Waals surface area contributed by atoms with Crippen molar-refractivity contribution in [3.05, 3.63) is 12.4 Å². The van der Waals surface area contributed by atoms with Crippen molar-refractivity contribution in [2.24, 2.45) is 51.8 Å². The van der Waals surface area contributed by atoms with Crippen LogP contribution in [0.4, 0.5) is 0 Å². The van der Waals surface area contributed by atoms with Gasteiger partial charge in [-0.25, -0.2) is 0 Å². The molecule has 5 saturated carbocycles. The summed E-state index contributed by atoms with van der Waals surface area (Å²) in [6, 6.07) is 0. The van der Waals surface area contributed by atoms with Crippen LogP contribution in [0.25, 0.3) is 0 Å². The number of rotatable bonds is 3. The topological polar surface area (TPSA) is 47.8 Å². The minimum atomic E-state index is 0.210. The summed E-state index contributed by atoms with van der Waals surface area (Å²) in [5.74, 6) is 5.05. The molecule has 0 spiro atoms. The van der Waals surface area contributed by atoms with Crippen molar-refractivity contribution in [2.45, 2.75) is 85.1 Å². The second-order valence-corrected chi connectivity index (χ2v) is 11.9. The molecular formula is C25H37N3O. The first-order valence-corrected chi connectivity index (χ1v) is 12.3. The average Bonchev–Trinajstić information content (AvgIpc) is 3.07. The third-order valence-corrected chi connectivity index (χ3v) is 11.4. The van der Waals surface area contributed by atoms with E-state index in [1.807, 2.05) is 0 Å². The number of hydrogen-bond acceptors (Lipinski definition) is 3. The van der Waals surface area contributed by atoms with Gasteiger partial charge in [0.05, 0.1) is 12.4 Å². The number of carbonyl (C=O) groups excluding carboxylic acids is 1. The van der Waals surface area contributed by atoms with Crippen LogP contribution in [-0.4, -0.2) is 20.8 Å². The second-order valence-electron chi connectivity index (χ2n) is 11.9. The highest BCUT2D eigenvalue weighted by atomic mass is 16.1. The van der Waals surface area contributed by atoms with Gasteiger partial charge in [-0.05, 0) is 97.2 Å². The molecule has 3 unspecified atom stereocenters. The van der Waals surface area contributed by atoms with Crippen LogP contribution in [0, 0.1) is 51.8 Å². The predicted molar refractivity (Wildman–Crippen MR) is 112 cm³/mol. The Morgan fingerprint density at radius 3 is 2.59 bits per heavy atom. The van der Waals surface area contributed by atoms with E-state index in [-0.39, 0.29) is 11.3 Å². The van der Waals surface area contributed by atoms with Crippen LogP contribution in [0.2, 0.25) is 0 Å². The second kappa shape index (κ2) is 5.95. The van der Waals surface area contributed by atoms with Crippen LogP contribution in [0.5, 0.6) is 0 Å². The number of carbonyl (C=O) groups is 1. The highest BCUT2D eigenvalue weighted by molar-refractivity contribution is 5.82. The van der Waals surface area contributed by atoms with Crippen molar-refractivity contribution in [1.29, 1.82) is 0 Å². The van der Waals surface area contributed by atoms with E-state index >= 15 is 0 Å². The molecule has 0 amide bonds. The highest BCUT2D eigenvalue weighted by Gasteiger charge is 2.80. The minimum absolute atomic E-state index is 0.210. The average molecular weight is 396 g/mol. The van der Waals surface area contributed by atoms with E-state index in [2.05, 4.69) is 31.0 Å². The summed E-state index contributed by atoms with van der Waals surface area (Å²) in [7, 11) is 0. The molecule has 5 aliphatic rings. The smallest absolute Gasteiger partial charge is 0.159 e. The highest BCUT2D eigenvalue weighted by Crippen LogP contribution is 2.86. The number of aromatic nitrogens is 3. The Bertz CT molecular complexity index is 820. The predicted octanol–water partition coefficient (Wildman–Crippen LogP) is 5.14. The minimum Gasteiger partial charge on any atom is -0.297 e. The van der Waals surface area contributed by atoms with E-state index in [1.165, 1.54) is 51.4 Å². The number of hydrogen-bond donors (Lipinski definition) is 0. The van der Waals surface area contributed by atoms with Gasteiger partial charge in [-0.2, -0.15) is 15.0 Å². The van der Waals surface area contributed by atoms with E-state index < -0.39 is 0 Å². The molecule has 9 atom stereocenters. The van der Waals surface area contributed by atoms with Crippen LogP contribution in [0.3, 0.4) is 0 Å². The summed E-state index contributed by atoms with van der Waals surface area (Å²) in [5.41, 5.74) is 1.58. The lowest BCUT2D eigenvalue weighted by Crippen LogP contribution is -2.49.